The Morgan fingerprint density at radius 2 is 1.48 bits per heavy atom. The highest BCUT2D eigenvalue weighted by Gasteiger charge is 1.93. The topological polar surface area (TPSA) is 41.5 Å². The monoisotopic (exact) mass is 300 g/mol. The summed E-state index contributed by atoms with van der Waals surface area (Å²) < 4.78 is 0. The predicted octanol–water partition coefficient (Wildman–Crippen LogP) is 5.76. The lowest BCUT2D eigenvalue weighted by Crippen LogP contribution is -2.11. The van der Waals surface area contributed by atoms with Gasteiger partial charge in [0.05, 0.1) is 0 Å². The van der Waals surface area contributed by atoms with E-state index >= 15 is 0 Å². The molecule has 1 N–H and O–H groups in total. The van der Waals surface area contributed by atoms with Crippen LogP contribution in [0.1, 0.15) is 88.0 Å². The van der Waals surface area contributed by atoms with Crippen LogP contribution in [0.15, 0.2) is 16.8 Å². The number of allylic oxidation sites excluding steroid dienone is 1. The average molecular weight is 301 g/mol. The summed E-state index contributed by atoms with van der Waals surface area (Å²) in [7, 11) is 0. The van der Waals surface area contributed by atoms with Crippen LogP contribution in [0, 0.1) is 0 Å². The first kappa shape index (κ1) is 28.1. The number of rotatable bonds is 3. The predicted molar refractivity (Wildman–Crippen MR) is 99.1 cm³/mol. The molecule has 1 aliphatic heterocycles. The summed E-state index contributed by atoms with van der Waals surface area (Å²) in [6.07, 6.45) is 8.95. The molecule has 0 saturated heterocycles. The number of hydrogen-bond donors (Lipinski definition) is 1. The molecule has 21 heavy (non-hydrogen) atoms. The van der Waals surface area contributed by atoms with E-state index in [0.717, 1.165) is 13.1 Å². The maximum atomic E-state index is 9.44. The molecule has 0 amide bonds. The zero-order chi connectivity index (χ0) is 17.5. The molecule has 0 fully saturated rings. The minimum atomic E-state index is 0.167. The molecule has 0 bridgehead atoms. The first-order valence-corrected chi connectivity index (χ1v) is 8.47. The Bertz CT molecular complexity index is 227. The Morgan fingerprint density at radius 3 is 1.71 bits per heavy atom. The highest BCUT2D eigenvalue weighted by atomic mass is 16.1. The van der Waals surface area contributed by atoms with E-state index in [-0.39, 0.29) is 5.78 Å². The quantitative estimate of drug-likeness (QED) is 0.720. The maximum Gasteiger partial charge on any atom is 0.126 e. The van der Waals surface area contributed by atoms with Crippen LogP contribution >= 0.6 is 0 Å². The molecule has 0 aliphatic carbocycles. The van der Waals surface area contributed by atoms with E-state index in [9.17, 15) is 4.79 Å². The smallest absolute Gasteiger partial charge is 0.126 e. The first-order valence-electron chi connectivity index (χ1n) is 8.47. The van der Waals surface area contributed by atoms with Crippen LogP contribution in [0.3, 0.4) is 0 Å². The van der Waals surface area contributed by atoms with Gasteiger partial charge in [0.15, 0.2) is 0 Å². The molecular formula is C18H40N2O. The Hall–Kier alpha value is -1.12. The normalized spacial score (nSPS) is 10.4. The van der Waals surface area contributed by atoms with Crippen LogP contribution in [0.5, 0.6) is 0 Å². The van der Waals surface area contributed by atoms with E-state index in [1.807, 2.05) is 40.1 Å². The Morgan fingerprint density at radius 1 is 1.05 bits per heavy atom. The molecule has 0 saturated carbocycles. The van der Waals surface area contributed by atoms with Crippen LogP contribution in [0.25, 0.3) is 0 Å². The second-order valence-corrected chi connectivity index (χ2v) is 4.05. The van der Waals surface area contributed by atoms with Crippen LogP contribution in [0.4, 0.5) is 0 Å². The highest BCUT2D eigenvalue weighted by molar-refractivity contribution is 5.78. The van der Waals surface area contributed by atoms with E-state index in [4.69, 9.17) is 0 Å². The number of hydrogen-bond acceptors (Lipinski definition) is 3. The van der Waals surface area contributed by atoms with Gasteiger partial charge in [0.1, 0.15) is 12.5 Å². The molecule has 0 radical (unpaired) electrons. The zero-order valence-electron chi connectivity index (χ0n) is 16.0. The molecule has 0 aromatic heterocycles. The van der Waals surface area contributed by atoms with E-state index in [0.29, 0.717) is 0 Å². The number of nitrogens with one attached hydrogen (secondary N) is 1. The summed E-state index contributed by atoms with van der Waals surface area (Å²) in [6.45, 7) is 18.3. The fraction of sp³-hybridized carbons (Fsp3) is 0.778. The van der Waals surface area contributed by atoms with Crippen molar-refractivity contribution in [2.75, 3.05) is 6.67 Å². The summed E-state index contributed by atoms with van der Waals surface area (Å²) >= 11 is 0. The van der Waals surface area contributed by atoms with Gasteiger partial charge in [0, 0.05) is 12.4 Å². The van der Waals surface area contributed by atoms with Crippen LogP contribution in [-0.4, -0.2) is 18.7 Å². The van der Waals surface area contributed by atoms with Gasteiger partial charge in [-0.05, 0) is 25.8 Å². The standard InChI is InChI=1S/C7H12N2.C4H10.C3H6O.2C2H6/c1-2-3-7-4-8-6-9-5-7;1-3-4-2;1-3(2)4;2*1-2/h4-5,8H,2-3,6H2,1H3;3-4H2,1-2H3;1-2H3;2*1-2H3. The molecule has 1 rings (SSSR count). The molecule has 0 spiro atoms. The van der Waals surface area contributed by atoms with Gasteiger partial charge in [-0.1, -0.05) is 67.7 Å². The Balaban J connectivity index is -0.000000103. The first-order chi connectivity index (χ1) is 10.1. The third-order valence-electron chi connectivity index (χ3n) is 1.77. The van der Waals surface area contributed by atoms with Crippen molar-refractivity contribution in [1.29, 1.82) is 0 Å². The second-order valence-electron chi connectivity index (χ2n) is 4.05. The minimum absolute atomic E-state index is 0.167. The molecular weight excluding hydrogens is 260 g/mol. The number of carbonyl (C=O) groups is 1. The van der Waals surface area contributed by atoms with Crippen LogP contribution in [-0.2, 0) is 4.79 Å². The van der Waals surface area contributed by atoms with Crippen molar-refractivity contribution < 1.29 is 4.79 Å². The summed E-state index contributed by atoms with van der Waals surface area (Å²) in [4.78, 5) is 13.5. The maximum absolute atomic E-state index is 9.44. The van der Waals surface area contributed by atoms with Crippen molar-refractivity contribution in [3.63, 3.8) is 0 Å². The van der Waals surface area contributed by atoms with Crippen molar-refractivity contribution >= 4 is 12.0 Å². The van der Waals surface area contributed by atoms with Gasteiger partial charge in [0.25, 0.3) is 0 Å². The Labute approximate surface area is 134 Å². The van der Waals surface area contributed by atoms with Gasteiger partial charge >= 0.3 is 0 Å². The van der Waals surface area contributed by atoms with Gasteiger partial charge in [-0.25, -0.2) is 0 Å². The van der Waals surface area contributed by atoms with Gasteiger partial charge in [0.2, 0.25) is 0 Å². The van der Waals surface area contributed by atoms with Crippen molar-refractivity contribution in [3.8, 4) is 0 Å². The van der Waals surface area contributed by atoms with Crippen molar-refractivity contribution in [2.45, 2.75) is 88.0 Å². The van der Waals surface area contributed by atoms with Gasteiger partial charge in [-0.2, -0.15) is 0 Å². The van der Waals surface area contributed by atoms with Gasteiger partial charge < -0.3 is 10.1 Å². The number of aliphatic imine (C=N–C) groups is 1. The zero-order valence-corrected chi connectivity index (χ0v) is 16.0. The third kappa shape index (κ3) is 45.4. The minimum Gasteiger partial charge on any atom is -0.372 e. The lowest BCUT2D eigenvalue weighted by molar-refractivity contribution is -0.114. The van der Waals surface area contributed by atoms with Crippen molar-refractivity contribution in [2.24, 2.45) is 4.99 Å². The van der Waals surface area contributed by atoms with Crippen LogP contribution < -0.4 is 5.32 Å². The third-order valence-corrected chi connectivity index (χ3v) is 1.77. The van der Waals surface area contributed by atoms with Crippen molar-refractivity contribution in [3.05, 3.63) is 11.8 Å². The highest BCUT2D eigenvalue weighted by Crippen LogP contribution is 2.01. The number of Topliss-reactive ketones (excluding diaryl/α,β-unsaturated/α-hetero) is 1. The number of carbonyl (C=O) groups excluding carboxylic acids is 1. The molecule has 1 heterocycles. The van der Waals surface area contributed by atoms with E-state index in [1.54, 1.807) is 0 Å². The SMILES string of the molecule is CC.CC.CC(C)=O.CCCC.CCCC1=CNCN=C1. The number of unbranched alkanes of at least 4 members (excludes halogenated alkanes) is 1. The molecule has 0 unspecified atom stereocenters. The lowest BCUT2D eigenvalue weighted by atomic mass is 10.2. The fourth-order valence-corrected chi connectivity index (χ4v) is 0.855. The van der Waals surface area contributed by atoms with Gasteiger partial charge in [-0.15, -0.1) is 0 Å². The van der Waals surface area contributed by atoms with E-state index < -0.39 is 0 Å². The summed E-state index contributed by atoms with van der Waals surface area (Å²) in [6, 6.07) is 0. The average Bonchev–Trinajstić information content (AvgIpc) is 2.52. The Kier molecular flexibility index (Phi) is 41.9. The molecule has 0 aromatic carbocycles. The molecule has 128 valence electrons. The lowest BCUT2D eigenvalue weighted by Gasteiger charge is -2.05. The fourth-order valence-electron chi connectivity index (χ4n) is 0.855. The number of nitrogens with zero attached hydrogens (tertiary/aromatic N) is 1. The van der Waals surface area contributed by atoms with E-state index in [2.05, 4.69) is 31.1 Å². The molecule has 3 nitrogen and oxygen atoms in total. The molecule has 3 heteroatoms. The summed E-state index contributed by atoms with van der Waals surface area (Å²) in [5, 5.41) is 3.06. The molecule has 1 aliphatic rings. The largest absolute Gasteiger partial charge is 0.372 e. The van der Waals surface area contributed by atoms with E-state index in [1.165, 1.54) is 38.7 Å². The van der Waals surface area contributed by atoms with Crippen LogP contribution in [0.2, 0.25) is 0 Å². The second kappa shape index (κ2) is 31.3. The number of ketones is 1. The molecule has 0 aromatic rings. The van der Waals surface area contributed by atoms with Crippen molar-refractivity contribution in [1.82, 2.24) is 5.32 Å². The summed E-state index contributed by atoms with van der Waals surface area (Å²) in [5.41, 5.74) is 1.31. The summed E-state index contributed by atoms with van der Waals surface area (Å²) in [5.74, 6) is 0.167. The molecule has 0 atom stereocenters. The van der Waals surface area contributed by atoms with Gasteiger partial charge in [-0.3, -0.25) is 4.99 Å².